The average Bonchev–Trinajstić information content (AvgIpc) is 2.65. The molecule has 7 heteroatoms. The van der Waals surface area contributed by atoms with Crippen LogP contribution >= 0.6 is 11.3 Å². The molecular formula is C12H20N4O2S. The third kappa shape index (κ3) is 3.17. The summed E-state index contributed by atoms with van der Waals surface area (Å²) in [5.41, 5.74) is 11.5. The normalized spacial score (nSPS) is 12.3. The van der Waals surface area contributed by atoms with Gasteiger partial charge in [0.1, 0.15) is 9.88 Å². The van der Waals surface area contributed by atoms with E-state index >= 15 is 0 Å². The van der Waals surface area contributed by atoms with Crippen LogP contribution in [-0.2, 0) is 0 Å². The zero-order chi connectivity index (χ0) is 14.7. The Kier molecular flexibility index (Phi) is 4.77. The smallest absolute Gasteiger partial charge is 0.263 e. The topological polar surface area (TPSA) is 110 Å². The molecule has 0 aromatic carbocycles. The number of carbonyl (C=O) groups excluding carboxylic acids is 2. The molecule has 1 atom stereocenters. The lowest BCUT2D eigenvalue weighted by Crippen LogP contribution is -2.23. The summed E-state index contributed by atoms with van der Waals surface area (Å²) in [6, 6.07) is 0.133. The SMILES string of the molecule is CNC(=O)c1sc(NC(C)C(C)C)c(C(N)=O)c1N. The molecular weight excluding hydrogens is 264 g/mol. The summed E-state index contributed by atoms with van der Waals surface area (Å²) in [5.74, 6) is -0.592. The molecule has 1 aromatic heterocycles. The van der Waals surface area contributed by atoms with Crippen molar-refractivity contribution in [2.45, 2.75) is 26.8 Å². The second-order valence-corrected chi connectivity index (χ2v) is 5.69. The number of nitrogens with one attached hydrogen (secondary N) is 2. The molecule has 0 aliphatic carbocycles. The number of hydrogen-bond donors (Lipinski definition) is 4. The molecule has 0 radical (unpaired) electrons. The van der Waals surface area contributed by atoms with Crippen LogP contribution in [0, 0.1) is 5.92 Å². The van der Waals surface area contributed by atoms with Gasteiger partial charge in [0.25, 0.3) is 11.8 Å². The van der Waals surface area contributed by atoms with E-state index in [2.05, 4.69) is 24.5 Å². The van der Waals surface area contributed by atoms with E-state index in [0.29, 0.717) is 15.8 Å². The van der Waals surface area contributed by atoms with E-state index in [4.69, 9.17) is 11.5 Å². The minimum atomic E-state index is -0.637. The molecule has 106 valence electrons. The summed E-state index contributed by atoms with van der Waals surface area (Å²) < 4.78 is 0. The molecule has 1 heterocycles. The summed E-state index contributed by atoms with van der Waals surface area (Å²) in [7, 11) is 1.51. The van der Waals surface area contributed by atoms with Crippen LogP contribution in [0.5, 0.6) is 0 Å². The van der Waals surface area contributed by atoms with Crippen molar-refractivity contribution in [3.05, 3.63) is 10.4 Å². The Morgan fingerprint density at radius 1 is 1.26 bits per heavy atom. The van der Waals surface area contributed by atoms with Crippen molar-refractivity contribution < 1.29 is 9.59 Å². The second kappa shape index (κ2) is 5.92. The second-order valence-electron chi connectivity index (χ2n) is 4.67. The Labute approximate surface area is 116 Å². The van der Waals surface area contributed by atoms with Gasteiger partial charge >= 0.3 is 0 Å². The monoisotopic (exact) mass is 284 g/mol. The fourth-order valence-electron chi connectivity index (χ4n) is 1.45. The van der Waals surface area contributed by atoms with Gasteiger partial charge in [-0.05, 0) is 12.8 Å². The molecule has 6 nitrogen and oxygen atoms in total. The van der Waals surface area contributed by atoms with Crippen molar-refractivity contribution in [3.8, 4) is 0 Å². The highest BCUT2D eigenvalue weighted by Gasteiger charge is 2.24. The van der Waals surface area contributed by atoms with E-state index < -0.39 is 5.91 Å². The van der Waals surface area contributed by atoms with Gasteiger partial charge in [0.15, 0.2) is 0 Å². The molecule has 0 fully saturated rings. The van der Waals surface area contributed by atoms with E-state index in [1.165, 1.54) is 7.05 Å². The zero-order valence-corrected chi connectivity index (χ0v) is 12.4. The van der Waals surface area contributed by atoms with Crippen molar-refractivity contribution in [3.63, 3.8) is 0 Å². The average molecular weight is 284 g/mol. The number of primary amides is 1. The van der Waals surface area contributed by atoms with E-state index in [9.17, 15) is 9.59 Å². The molecule has 0 saturated carbocycles. The minimum absolute atomic E-state index is 0.133. The molecule has 0 spiro atoms. The van der Waals surface area contributed by atoms with Gasteiger partial charge in [-0.1, -0.05) is 13.8 Å². The molecule has 0 aliphatic rings. The Balaban J connectivity index is 3.23. The third-order valence-electron chi connectivity index (χ3n) is 2.98. The fraction of sp³-hybridized carbons (Fsp3) is 0.500. The maximum Gasteiger partial charge on any atom is 0.263 e. The Morgan fingerprint density at radius 2 is 1.84 bits per heavy atom. The molecule has 1 unspecified atom stereocenters. The molecule has 1 aromatic rings. The summed E-state index contributed by atoms with van der Waals surface area (Å²) in [6.45, 7) is 6.10. The lowest BCUT2D eigenvalue weighted by Gasteiger charge is -2.18. The van der Waals surface area contributed by atoms with Crippen molar-refractivity contribution in [1.29, 1.82) is 0 Å². The first kappa shape index (κ1) is 15.3. The van der Waals surface area contributed by atoms with Crippen molar-refractivity contribution in [1.82, 2.24) is 5.32 Å². The highest BCUT2D eigenvalue weighted by molar-refractivity contribution is 7.19. The lowest BCUT2D eigenvalue weighted by atomic mass is 10.1. The van der Waals surface area contributed by atoms with Gasteiger partial charge in [-0.3, -0.25) is 9.59 Å². The number of carbonyl (C=O) groups is 2. The first-order valence-electron chi connectivity index (χ1n) is 6.00. The Hall–Kier alpha value is -1.76. The van der Waals surface area contributed by atoms with Crippen LogP contribution in [0.2, 0.25) is 0 Å². The van der Waals surface area contributed by atoms with Gasteiger partial charge in [-0.2, -0.15) is 0 Å². The number of nitrogen functional groups attached to an aromatic ring is 1. The van der Waals surface area contributed by atoms with Crippen molar-refractivity contribution in [2.75, 3.05) is 18.1 Å². The van der Waals surface area contributed by atoms with Crippen LogP contribution in [0.4, 0.5) is 10.7 Å². The number of rotatable bonds is 5. The van der Waals surface area contributed by atoms with Gasteiger partial charge in [0, 0.05) is 13.1 Å². The number of nitrogens with two attached hydrogens (primary N) is 2. The molecule has 1 rings (SSSR count). The summed E-state index contributed by atoms with van der Waals surface area (Å²) in [4.78, 5) is 23.5. The number of hydrogen-bond acceptors (Lipinski definition) is 5. The van der Waals surface area contributed by atoms with Crippen LogP contribution in [-0.4, -0.2) is 24.9 Å². The van der Waals surface area contributed by atoms with Crippen LogP contribution in [0.15, 0.2) is 0 Å². The third-order valence-corrected chi connectivity index (χ3v) is 4.12. The van der Waals surface area contributed by atoms with Gasteiger partial charge in [0.05, 0.1) is 11.3 Å². The molecule has 0 bridgehead atoms. The number of thiophene rings is 1. The number of anilines is 2. The first-order chi connectivity index (χ1) is 8.79. The van der Waals surface area contributed by atoms with Crippen LogP contribution in [0.25, 0.3) is 0 Å². The molecule has 0 aliphatic heterocycles. The van der Waals surface area contributed by atoms with Gasteiger partial charge in [0.2, 0.25) is 0 Å². The fourth-order valence-corrected chi connectivity index (χ4v) is 2.61. The Bertz CT molecular complexity index is 496. The minimum Gasteiger partial charge on any atom is -0.397 e. The van der Waals surface area contributed by atoms with Crippen molar-refractivity contribution in [2.24, 2.45) is 11.7 Å². The highest BCUT2D eigenvalue weighted by Crippen LogP contribution is 2.36. The summed E-state index contributed by atoms with van der Waals surface area (Å²) >= 11 is 1.14. The van der Waals surface area contributed by atoms with Crippen LogP contribution in [0.1, 0.15) is 40.8 Å². The first-order valence-corrected chi connectivity index (χ1v) is 6.81. The summed E-state index contributed by atoms with van der Waals surface area (Å²) in [5, 5.41) is 6.22. The van der Waals surface area contributed by atoms with E-state index in [-0.39, 0.29) is 23.2 Å². The van der Waals surface area contributed by atoms with E-state index in [0.717, 1.165) is 11.3 Å². The molecule has 6 N–H and O–H groups in total. The van der Waals surface area contributed by atoms with Gasteiger partial charge in [-0.25, -0.2) is 0 Å². The molecule has 0 saturated heterocycles. The Morgan fingerprint density at radius 3 is 2.26 bits per heavy atom. The largest absolute Gasteiger partial charge is 0.397 e. The maximum absolute atomic E-state index is 11.7. The zero-order valence-electron chi connectivity index (χ0n) is 11.5. The van der Waals surface area contributed by atoms with E-state index in [1.54, 1.807) is 0 Å². The quantitative estimate of drug-likeness (QED) is 0.652. The highest BCUT2D eigenvalue weighted by atomic mass is 32.1. The molecule has 2 amide bonds. The van der Waals surface area contributed by atoms with Gasteiger partial charge in [-0.15, -0.1) is 11.3 Å². The van der Waals surface area contributed by atoms with E-state index in [1.807, 2.05) is 6.92 Å². The predicted molar refractivity (Wildman–Crippen MR) is 78.6 cm³/mol. The van der Waals surface area contributed by atoms with Gasteiger partial charge < -0.3 is 22.1 Å². The number of amides is 2. The standard InChI is InChI=1S/C12H20N4O2S/c1-5(2)6(3)16-12-7(10(14)17)8(13)9(19-12)11(18)15-4/h5-6,16H,13H2,1-4H3,(H2,14,17)(H,15,18). The lowest BCUT2D eigenvalue weighted by molar-refractivity contribution is 0.0967. The maximum atomic E-state index is 11.7. The van der Waals surface area contributed by atoms with Crippen LogP contribution < -0.4 is 22.1 Å². The predicted octanol–water partition coefficient (Wildman–Crippen LogP) is 1.25. The van der Waals surface area contributed by atoms with Crippen molar-refractivity contribution >= 4 is 33.8 Å². The van der Waals surface area contributed by atoms with Crippen LogP contribution in [0.3, 0.4) is 0 Å². The molecule has 19 heavy (non-hydrogen) atoms. The summed E-state index contributed by atoms with van der Waals surface area (Å²) in [6.07, 6.45) is 0.